The third-order valence-electron chi connectivity index (χ3n) is 6.72. The summed E-state index contributed by atoms with van der Waals surface area (Å²) in [6.07, 6.45) is 7.68. The van der Waals surface area contributed by atoms with Crippen molar-refractivity contribution in [1.82, 2.24) is 0 Å². The largest absolute Gasteiger partial charge is 0.472 e. The molecule has 0 saturated heterocycles. The van der Waals surface area contributed by atoms with E-state index in [0.717, 1.165) is 31.1 Å². The van der Waals surface area contributed by atoms with Crippen LogP contribution in [0.1, 0.15) is 55.8 Å². The molecule has 1 aromatic rings. The molecule has 0 radical (unpaired) electrons. The first-order valence-corrected chi connectivity index (χ1v) is 9.17. The first-order chi connectivity index (χ1) is 12.4. The van der Waals surface area contributed by atoms with Crippen LogP contribution in [0.15, 0.2) is 35.2 Å². The SMILES string of the molecule is C=C1CC[C@@H]2[C@](C=O)(CCC[C@]2(C)C(=O)OC)[C@H]1CC(=O)c1ccoc1. The molecule has 1 heterocycles. The third-order valence-corrected chi connectivity index (χ3v) is 6.72. The predicted molar refractivity (Wildman–Crippen MR) is 95.5 cm³/mol. The van der Waals surface area contributed by atoms with Crippen LogP contribution < -0.4 is 0 Å². The van der Waals surface area contributed by atoms with Gasteiger partial charge in [-0.25, -0.2) is 0 Å². The van der Waals surface area contributed by atoms with Gasteiger partial charge in [0.25, 0.3) is 0 Å². The molecule has 0 amide bonds. The zero-order valence-electron chi connectivity index (χ0n) is 15.5. The first-order valence-electron chi connectivity index (χ1n) is 9.17. The van der Waals surface area contributed by atoms with Crippen molar-refractivity contribution in [2.75, 3.05) is 7.11 Å². The highest BCUT2D eigenvalue weighted by Crippen LogP contribution is 2.61. The average Bonchev–Trinajstić information content (AvgIpc) is 3.18. The van der Waals surface area contributed by atoms with Gasteiger partial charge in [0.2, 0.25) is 0 Å². The number of ether oxygens (including phenoxy) is 1. The summed E-state index contributed by atoms with van der Waals surface area (Å²) >= 11 is 0. The first kappa shape index (κ1) is 18.6. The standard InChI is InChI=1S/C21H26O5/c1-14-5-6-18-20(2,19(24)25-3)8-4-9-21(18,13-22)16(14)11-17(23)15-7-10-26-12-15/h7,10,12-13,16,18H,1,4-6,8-9,11H2,2-3H3/t16-,18-,20-,21-/m0/s1. The van der Waals surface area contributed by atoms with Crippen molar-refractivity contribution in [3.05, 3.63) is 36.3 Å². The lowest BCUT2D eigenvalue weighted by Crippen LogP contribution is -2.56. The number of hydrogen-bond acceptors (Lipinski definition) is 5. The fourth-order valence-electron chi connectivity index (χ4n) is 5.35. The number of carbonyl (C=O) groups is 3. The van der Waals surface area contributed by atoms with Crippen LogP contribution in [0.4, 0.5) is 0 Å². The van der Waals surface area contributed by atoms with Crippen LogP contribution in [-0.4, -0.2) is 25.1 Å². The van der Waals surface area contributed by atoms with Gasteiger partial charge in [-0.05, 0) is 50.5 Å². The Kier molecular flexibility index (Phi) is 4.91. The molecule has 2 aliphatic rings. The van der Waals surface area contributed by atoms with E-state index in [1.807, 2.05) is 6.92 Å². The maximum Gasteiger partial charge on any atom is 0.311 e. The van der Waals surface area contributed by atoms with Gasteiger partial charge in [0, 0.05) is 11.8 Å². The Bertz CT molecular complexity index is 719. The van der Waals surface area contributed by atoms with E-state index in [1.165, 1.54) is 19.6 Å². The fourth-order valence-corrected chi connectivity index (χ4v) is 5.35. The molecule has 0 spiro atoms. The molecule has 2 aliphatic carbocycles. The summed E-state index contributed by atoms with van der Waals surface area (Å²) in [6.45, 7) is 6.08. The molecular weight excluding hydrogens is 332 g/mol. The molecule has 0 unspecified atom stereocenters. The number of rotatable bonds is 5. The molecule has 3 rings (SSSR count). The molecule has 2 fully saturated rings. The van der Waals surface area contributed by atoms with E-state index in [-0.39, 0.29) is 30.0 Å². The Hall–Kier alpha value is -2.17. The van der Waals surface area contributed by atoms with Gasteiger partial charge < -0.3 is 13.9 Å². The third kappa shape index (κ3) is 2.74. The molecule has 140 valence electrons. The normalized spacial score (nSPS) is 34.0. The Morgan fingerprint density at radius 3 is 2.81 bits per heavy atom. The van der Waals surface area contributed by atoms with Crippen LogP contribution in [0.2, 0.25) is 0 Å². The number of Topliss-reactive ketones (excluding diaryl/α,β-unsaturated/α-hetero) is 1. The van der Waals surface area contributed by atoms with Crippen LogP contribution in [-0.2, 0) is 14.3 Å². The number of aldehydes is 1. The highest BCUT2D eigenvalue weighted by atomic mass is 16.5. The summed E-state index contributed by atoms with van der Waals surface area (Å²) in [7, 11) is 1.40. The van der Waals surface area contributed by atoms with Gasteiger partial charge in [0.15, 0.2) is 5.78 Å². The number of methoxy groups -OCH3 is 1. The zero-order chi connectivity index (χ0) is 18.9. The Labute approximate surface area is 153 Å². The highest BCUT2D eigenvalue weighted by molar-refractivity contribution is 5.96. The molecule has 26 heavy (non-hydrogen) atoms. The summed E-state index contributed by atoms with van der Waals surface area (Å²) < 4.78 is 10.1. The predicted octanol–water partition coefficient (Wildman–Crippen LogP) is 3.98. The summed E-state index contributed by atoms with van der Waals surface area (Å²) in [6, 6.07) is 1.64. The molecule has 0 bridgehead atoms. The van der Waals surface area contributed by atoms with Gasteiger partial charge in [-0.2, -0.15) is 0 Å². The van der Waals surface area contributed by atoms with Crippen molar-refractivity contribution in [2.24, 2.45) is 22.7 Å². The summed E-state index contributed by atoms with van der Waals surface area (Å²) in [5.41, 5.74) is -0.00612. The van der Waals surface area contributed by atoms with Crippen molar-refractivity contribution in [2.45, 2.75) is 45.4 Å². The van der Waals surface area contributed by atoms with Crippen LogP contribution in [0.5, 0.6) is 0 Å². The molecular formula is C21H26O5. The van der Waals surface area contributed by atoms with Gasteiger partial charge in [0.05, 0.1) is 24.4 Å². The lowest BCUT2D eigenvalue weighted by atomic mass is 9.46. The fraction of sp³-hybridized carbons (Fsp3) is 0.571. The van der Waals surface area contributed by atoms with Crippen molar-refractivity contribution in [3.8, 4) is 0 Å². The minimum Gasteiger partial charge on any atom is -0.472 e. The second-order valence-electron chi connectivity index (χ2n) is 7.93. The second-order valence-corrected chi connectivity index (χ2v) is 7.93. The Balaban J connectivity index is 1.98. The molecule has 4 atom stereocenters. The van der Waals surface area contributed by atoms with E-state index in [0.29, 0.717) is 18.4 Å². The number of esters is 1. The molecule has 5 heteroatoms. The lowest BCUT2D eigenvalue weighted by Gasteiger charge is -2.56. The van der Waals surface area contributed by atoms with Gasteiger partial charge in [-0.15, -0.1) is 0 Å². The molecule has 0 aromatic carbocycles. The van der Waals surface area contributed by atoms with Gasteiger partial charge in [0.1, 0.15) is 12.5 Å². The molecule has 1 aromatic heterocycles. The quantitative estimate of drug-likeness (QED) is 0.344. The van der Waals surface area contributed by atoms with Crippen LogP contribution >= 0.6 is 0 Å². The summed E-state index contributed by atoms with van der Waals surface area (Å²) in [4.78, 5) is 37.7. The minimum atomic E-state index is -0.740. The number of hydrogen-bond donors (Lipinski definition) is 0. The average molecular weight is 358 g/mol. The topological polar surface area (TPSA) is 73.6 Å². The van der Waals surface area contributed by atoms with E-state index in [1.54, 1.807) is 6.07 Å². The second kappa shape index (κ2) is 6.86. The van der Waals surface area contributed by atoms with Gasteiger partial charge >= 0.3 is 5.97 Å². The van der Waals surface area contributed by atoms with Crippen molar-refractivity contribution >= 4 is 18.0 Å². The highest BCUT2D eigenvalue weighted by Gasteiger charge is 2.60. The Morgan fingerprint density at radius 2 is 2.19 bits per heavy atom. The van der Waals surface area contributed by atoms with E-state index in [4.69, 9.17) is 9.15 Å². The van der Waals surface area contributed by atoms with Crippen LogP contribution in [0, 0.1) is 22.7 Å². The van der Waals surface area contributed by atoms with Crippen molar-refractivity contribution < 1.29 is 23.5 Å². The van der Waals surface area contributed by atoms with Gasteiger partial charge in [-0.1, -0.05) is 18.6 Å². The number of allylic oxidation sites excluding steroid dienone is 1. The summed E-state index contributed by atoms with van der Waals surface area (Å²) in [5, 5.41) is 0. The lowest BCUT2D eigenvalue weighted by molar-refractivity contribution is -0.169. The number of fused-ring (bicyclic) bond motifs is 1. The molecule has 2 saturated carbocycles. The molecule has 5 nitrogen and oxygen atoms in total. The maximum atomic E-state index is 12.7. The molecule has 0 N–H and O–H groups in total. The van der Waals surface area contributed by atoms with Crippen molar-refractivity contribution in [1.29, 1.82) is 0 Å². The summed E-state index contributed by atoms with van der Waals surface area (Å²) in [5.74, 6) is -0.718. The van der Waals surface area contributed by atoms with Crippen LogP contribution in [0.3, 0.4) is 0 Å². The van der Waals surface area contributed by atoms with Crippen molar-refractivity contribution in [3.63, 3.8) is 0 Å². The minimum absolute atomic E-state index is 0.0582. The number of ketones is 1. The van der Waals surface area contributed by atoms with E-state index < -0.39 is 10.8 Å². The maximum absolute atomic E-state index is 12.7. The molecule has 0 aliphatic heterocycles. The Morgan fingerprint density at radius 1 is 1.42 bits per heavy atom. The van der Waals surface area contributed by atoms with E-state index in [2.05, 4.69) is 6.58 Å². The smallest absolute Gasteiger partial charge is 0.311 e. The van der Waals surface area contributed by atoms with E-state index >= 15 is 0 Å². The van der Waals surface area contributed by atoms with Gasteiger partial charge in [-0.3, -0.25) is 9.59 Å². The number of carbonyl (C=O) groups excluding carboxylic acids is 3. The monoisotopic (exact) mass is 358 g/mol. The van der Waals surface area contributed by atoms with Crippen LogP contribution in [0.25, 0.3) is 0 Å². The van der Waals surface area contributed by atoms with E-state index in [9.17, 15) is 14.4 Å². The zero-order valence-corrected chi connectivity index (χ0v) is 15.5. The number of furan rings is 1.